The molecule has 1 unspecified atom stereocenters. The van der Waals surface area contributed by atoms with Gasteiger partial charge in [-0.05, 0) is 69.0 Å². The first-order valence-corrected chi connectivity index (χ1v) is 9.76. The maximum Gasteiger partial charge on any atom is 0.200 e. The first kappa shape index (κ1) is 14.7. The molecule has 3 aliphatic carbocycles. The second-order valence-electron chi connectivity index (χ2n) is 8.91. The Morgan fingerprint density at radius 3 is 2.84 bits per heavy atom. The molecule has 5 aliphatic rings. The van der Waals surface area contributed by atoms with Crippen LogP contribution in [0.2, 0.25) is 0 Å². The van der Waals surface area contributed by atoms with E-state index in [1.165, 1.54) is 12.8 Å². The normalized spacial score (nSPS) is 41.3. The smallest absolute Gasteiger partial charge is 0.200 e. The molecule has 4 atom stereocenters. The minimum atomic E-state index is -0.787. The zero-order valence-corrected chi connectivity index (χ0v) is 14.4. The summed E-state index contributed by atoms with van der Waals surface area (Å²) >= 11 is 0. The molecule has 6 rings (SSSR count). The zero-order chi connectivity index (χ0) is 17.0. The van der Waals surface area contributed by atoms with Gasteiger partial charge in [0.1, 0.15) is 6.10 Å². The number of hydrogen-bond donors (Lipinski definition) is 3. The third-order valence-electron chi connectivity index (χ3n) is 7.76. The highest BCUT2D eigenvalue weighted by Gasteiger charge is 2.71. The predicted molar refractivity (Wildman–Crippen MR) is 91.1 cm³/mol. The summed E-state index contributed by atoms with van der Waals surface area (Å²) in [6, 6.07) is 1.80. The van der Waals surface area contributed by atoms with Crippen LogP contribution >= 0.6 is 0 Å². The van der Waals surface area contributed by atoms with Crippen LogP contribution in [0.15, 0.2) is 6.07 Å². The fourth-order valence-electron chi connectivity index (χ4n) is 6.54. The molecule has 5 nitrogen and oxygen atoms in total. The van der Waals surface area contributed by atoms with E-state index >= 15 is 0 Å². The molecule has 2 heterocycles. The van der Waals surface area contributed by atoms with E-state index < -0.39 is 11.0 Å². The van der Waals surface area contributed by atoms with Gasteiger partial charge in [0.25, 0.3) is 0 Å². The van der Waals surface area contributed by atoms with E-state index in [9.17, 15) is 15.3 Å². The lowest BCUT2D eigenvalue weighted by molar-refractivity contribution is -0.185. The van der Waals surface area contributed by atoms with Gasteiger partial charge in [0.2, 0.25) is 5.75 Å². The van der Waals surface area contributed by atoms with Crippen LogP contribution in [0.5, 0.6) is 17.2 Å². The quantitative estimate of drug-likeness (QED) is 0.717. The van der Waals surface area contributed by atoms with Gasteiger partial charge >= 0.3 is 0 Å². The zero-order valence-electron chi connectivity index (χ0n) is 14.4. The van der Waals surface area contributed by atoms with Crippen molar-refractivity contribution in [2.75, 3.05) is 13.1 Å². The van der Waals surface area contributed by atoms with Gasteiger partial charge in [0.05, 0.1) is 11.0 Å². The Bertz CT molecular complexity index is 775. The average Bonchev–Trinajstić information content (AvgIpc) is 3.32. The van der Waals surface area contributed by atoms with Crippen LogP contribution in [0.3, 0.4) is 0 Å². The highest BCUT2D eigenvalue weighted by atomic mass is 16.5. The number of nitrogens with zero attached hydrogens (tertiary/aromatic N) is 1. The molecule has 0 aromatic heterocycles. The number of piperidine rings is 1. The molecule has 134 valence electrons. The van der Waals surface area contributed by atoms with E-state index in [0.29, 0.717) is 5.75 Å². The lowest BCUT2D eigenvalue weighted by atomic mass is 9.49. The lowest BCUT2D eigenvalue weighted by Gasteiger charge is -2.63. The maximum atomic E-state index is 12.0. The van der Waals surface area contributed by atoms with E-state index in [2.05, 4.69) is 4.90 Å². The number of aliphatic hydroxyl groups is 1. The number of benzene rings is 1. The van der Waals surface area contributed by atoms with E-state index in [4.69, 9.17) is 4.74 Å². The molecule has 25 heavy (non-hydrogen) atoms. The first-order chi connectivity index (χ1) is 12.0. The third-order valence-corrected chi connectivity index (χ3v) is 7.76. The van der Waals surface area contributed by atoms with Gasteiger partial charge in [-0.1, -0.05) is 0 Å². The molecule has 3 N–H and O–H groups in total. The Balaban J connectivity index is 1.57. The first-order valence-electron chi connectivity index (χ1n) is 9.76. The summed E-state index contributed by atoms with van der Waals surface area (Å²) < 4.78 is 6.20. The number of hydrogen-bond acceptors (Lipinski definition) is 5. The largest absolute Gasteiger partial charge is 0.504 e. The molecular weight excluding hydrogens is 318 g/mol. The van der Waals surface area contributed by atoms with Crippen LogP contribution in [0, 0.1) is 5.92 Å². The summed E-state index contributed by atoms with van der Waals surface area (Å²) in [4.78, 5) is 2.51. The van der Waals surface area contributed by atoms with Gasteiger partial charge < -0.3 is 20.1 Å². The number of phenolic OH excluding ortho intramolecular Hbond substituents is 2. The van der Waals surface area contributed by atoms with Crippen molar-refractivity contribution < 1.29 is 20.1 Å². The SMILES string of the molecule is Oc1cc2c3c(c1O)OC1CCC[C@@]4(O)[C@@H](C2)N(CC2CC2)CC[C@]314. The van der Waals surface area contributed by atoms with E-state index in [1.807, 2.05) is 0 Å². The minimum Gasteiger partial charge on any atom is -0.504 e. The number of phenols is 2. The van der Waals surface area contributed by atoms with Crippen molar-refractivity contribution in [3.63, 3.8) is 0 Å². The van der Waals surface area contributed by atoms with Gasteiger partial charge in [0.15, 0.2) is 11.5 Å². The molecule has 1 spiro atoms. The average molecular weight is 343 g/mol. The fraction of sp³-hybridized carbons (Fsp3) is 0.700. The maximum absolute atomic E-state index is 12.0. The Labute approximate surface area is 147 Å². The number of likely N-dealkylation sites (tertiary alicyclic amines) is 1. The van der Waals surface area contributed by atoms with Crippen molar-refractivity contribution in [2.45, 2.75) is 68.1 Å². The topological polar surface area (TPSA) is 73.2 Å². The van der Waals surface area contributed by atoms with Crippen LogP contribution in [-0.4, -0.2) is 51.1 Å². The van der Waals surface area contributed by atoms with Crippen LogP contribution in [0.1, 0.15) is 49.7 Å². The lowest BCUT2D eigenvalue weighted by Crippen LogP contribution is -2.75. The summed E-state index contributed by atoms with van der Waals surface area (Å²) in [6.07, 6.45) is 6.82. The number of ether oxygens (including phenoxy) is 1. The van der Waals surface area contributed by atoms with Gasteiger partial charge in [-0.15, -0.1) is 0 Å². The molecule has 1 aromatic carbocycles. The van der Waals surface area contributed by atoms with Crippen molar-refractivity contribution >= 4 is 0 Å². The highest BCUT2D eigenvalue weighted by molar-refractivity contribution is 5.66. The summed E-state index contributed by atoms with van der Waals surface area (Å²) in [6.45, 7) is 2.07. The molecule has 2 bridgehead atoms. The predicted octanol–water partition coefficient (Wildman–Crippen LogP) is 2.05. The van der Waals surface area contributed by atoms with Crippen molar-refractivity contribution in [3.05, 3.63) is 17.2 Å². The van der Waals surface area contributed by atoms with Crippen molar-refractivity contribution in [1.82, 2.24) is 4.90 Å². The van der Waals surface area contributed by atoms with E-state index in [0.717, 1.165) is 62.2 Å². The molecular formula is C20H25NO4. The highest BCUT2D eigenvalue weighted by Crippen LogP contribution is 2.66. The van der Waals surface area contributed by atoms with Gasteiger partial charge in [-0.25, -0.2) is 0 Å². The Kier molecular flexibility index (Phi) is 2.61. The molecule has 0 amide bonds. The van der Waals surface area contributed by atoms with Crippen molar-refractivity contribution in [3.8, 4) is 17.2 Å². The van der Waals surface area contributed by atoms with Crippen LogP contribution in [-0.2, 0) is 11.8 Å². The van der Waals surface area contributed by atoms with Crippen molar-refractivity contribution in [1.29, 1.82) is 0 Å². The van der Waals surface area contributed by atoms with Crippen LogP contribution < -0.4 is 4.74 Å². The van der Waals surface area contributed by atoms with Gasteiger partial charge in [0, 0.05) is 18.2 Å². The Morgan fingerprint density at radius 1 is 1.20 bits per heavy atom. The molecule has 1 aromatic rings. The van der Waals surface area contributed by atoms with Crippen LogP contribution in [0.4, 0.5) is 0 Å². The number of aromatic hydroxyl groups is 2. The second kappa shape index (κ2) is 4.44. The Morgan fingerprint density at radius 2 is 2.04 bits per heavy atom. The van der Waals surface area contributed by atoms with E-state index in [1.54, 1.807) is 6.07 Å². The summed E-state index contributed by atoms with van der Waals surface area (Å²) in [5.41, 5.74) is 0.858. The van der Waals surface area contributed by atoms with Gasteiger partial charge in [-0.2, -0.15) is 0 Å². The molecule has 3 fully saturated rings. The second-order valence-corrected chi connectivity index (χ2v) is 8.91. The standard InChI is InChI=1S/C20H25NO4/c22-13-8-12-9-14-20(24)5-1-2-15-19(20,16(12)18(25-15)17(13)23)6-7-21(14)10-11-3-4-11/h8,11,14-15,22-24H,1-7,9-10H2/t14-,15?,19-,20-/m1/s1. The van der Waals surface area contributed by atoms with Crippen molar-refractivity contribution in [2.24, 2.45) is 5.92 Å². The minimum absolute atomic E-state index is 0.0847. The summed E-state index contributed by atoms with van der Waals surface area (Å²) in [7, 11) is 0. The fourth-order valence-corrected chi connectivity index (χ4v) is 6.54. The summed E-state index contributed by atoms with van der Waals surface area (Å²) in [5.74, 6) is 0.987. The summed E-state index contributed by atoms with van der Waals surface area (Å²) in [5, 5.41) is 32.6. The Hall–Kier alpha value is -1.46. The molecule has 2 saturated carbocycles. The van der Waals surface area contributed by atoms with Gasteiger partial charge in [-0.3, -0.25) is 4.90 Å². The monoisotopic (exact) mass is 343 g/mol. The van der Waals surface area contributed by atoms with Crippen LogP contribution in [0.25, 0.3) is 0 Å². The molecule has 0 radical (unpaired) electrons. The molecule has 5 heteroatoms. The number of rotatable bonds is 2. The van der Waals surface area contributed by atoms with E-state index in [-0.39, 0.29) is 23.6 Å². The molecule has 2 aliphatic heterocycles. The third kappa shape index (κ3) is 1.58. The molecule has 1 saturated heterocycles.